The standard InChI is InChI=1S/C21H16F3NO2/c22-21(23,24)18-8-4-7-17(13-18)14-9-11-16(12-10-14)19(20(26)25-27)15-5-2-1-3-6-15/h1-13,19,27H,(H,25,26). The Bertz CT molecular complexity index is 922. The highest BCUT2D eigenvalue weighted by molar-refractivity contribution is 5.86. The molecule has 3 aromatic carbocycles. The summed E-state index contributed by atoms with van der Waals surface area (Å²) in [5.41, 5.74) is 3.28. The van der Waals surface area contributed by atoms with Crippen molar-refractivity contribution in [3.63, 3.8) is 0 Å². The van der Waals surface area contributed by atoms with Crippen LogP contribution in [0.25, 0.3) is 11.1 Å². The number of hydroxylamine groups is 1. The van der Waals surface area contributed by atoms with Gasteiger partial charge in [0.2, 0.25) is 0 Å². The molecule has 3 nitrogen and oxygen atoms in total. The number of nitrogens with one attached hydrogen (secondary N) is 1. The third-order valence-electron chi connectivity index (χ3n) is 4.27. The van der Waals surface area contributed by atoms with Gasteiger partial charge in [0.1, 0.15) is 0 Å². The minimum absolute atomic E-state index is 0.430. The van der Waals surface area contributed by atoms with Gasteiger partial charge in [-0.25, -0.2) is 5.48 Å². The quantitative estimate of drug-likeness (QED) is 0.500. The maximum absolute atomic E-state index is 12.9. The lowest BCUT2D eigenvalue weighted by molar-refractivity contribution is -0.137. The zero-order valence-corrected chi connectivity index (χ0v) is 14.1. The lowest BCUT2D eigenvalue weighted by atomic mass is 9.89. The van der Waals surface area contributed by atoms with Crippen LogP contribution in [0.4, 0.5) is 13.2 Å². The Labute approximate surface area is 154 Å². The molecule has 1 unspecified atom stereocenters. The first-order valence-electron chi connectivity index (χ1n) is 8.16. The summed E-state index contributed by atoms with van der Waals surface area (Å²) in [6, 6.07) is 20.6. The monoisotopic (exact) mass is 371 g/mol. The van der Waals surface area contributed by atoms with Gasteiger partial charge in [-0.05, 0) is 34.4 Å². The van der Waals surface area contributed by atoms with Gasteiger partial charge < -0.3 is 0 Å². The van der Waals surface area contributed by atoms with Gasteiger partial charge in [0.05, 0.1) is 11.5 Å². The number of carbonyl (C=O) groups excluding carboxylic acids is 1. The molecule has 0 radical (unpaired) electrons. The summed E-state index contributed by atoms with van der Waals surface area (Å²) in [7, 11) is 0. The fraction of sp³-hybridized carbons (Fsp3) is 0.0952. The Morgan fingerprint density at radius 2 is 1.44 bits per heavy atom. The van der Waals surface area contributed by atoms with Crippen molar-refractivity contribution in [1.82, 2.24) is 5.48 Å². The zero-order valence-electron chi connectivity index (χ0n) is 14.1. The third kappa shape index (κ3) is 4.17. The van der Waals surface area contributed by atoms with Gasteiger partial charge >= 0.3 is 6.18 Å². The highest BCUT2D eigenvalue weighted by Crippen LogP contribution is 2.33. The molecule has 2 N–H and O–H groups in total. The normalized spacial score (nSPS) is 12.4. The predicted molar refractivity (Wildman–Crippen MR) is 95.1 cm³/mol. The molecule has 0 bridgehead atoms. The molecular weight excluding hydrogens is 355 g/mol. The first kappa shape index (κ1) is 18.7. The van der Waals surface area contributed by atoms with Gasteiger partial charge in [0.15, 0.2) is 0 Å². The fourth-order valence-electron chi connectivity index (χ4n) is 2.95. The highest BCUT2D eigenvalue weighted by atomic mass is 19.4. The molecule has 1 atom stereocenters. The van der Waals surface area contributed by atoms with Crippen LogP contribution in [-0.4, -0.2) is 11.1 Å². The third-order valence-corrected chi connectivity index (χ3v) is 4.27. The van der Waals surface area contributed by atoms with Crippen LogP contribution in [-0.2, 0) is 11.0 Å². The number of alkyl halides is 3. The molecule has 138 valence electrons. The average molecular weight is 371 g/mol. The van der Waals surface area contributed by atoms with Gasteiger partial charge in [-0.1, -0.05) is 66.7 Å². The number of halogens is 3. The molecule has 0 aliphatic rings. The molecule has 0 spiro atoms. The van der Waals surface area contributed by atoms with Gasteiger partial charge in [-0.15, -0.1) is 0 Å². The van der Waals surface area contributed by atoms with Crippen molar-refractivity contribution in [2.45, 2.75) is 12.1 Å². The summed E-state index contributed by atoms with van der Waals surface area (Å²) in [6.45, 7) is 0. The smallest absolute Gasteiger partial charge is 0.289 e. The van der Waals surface area contributed by atoms with E-state index in [2.05, 4.69) is 0 Å². The molecule has 3 aromatic rings. The first-order valence-corrected chi connectivity index (χ1v) is 8.16. The minimum atomic E-state index is -4.41. The topological polar surface area (TPSA) is 49.3 Å². The van der Waals surface area contributed by atoms with Crippen molar-refractivity contribution in [3.8, 4) is 11.1 Å². The number of rotatable bonds is 4. The van der Waals surface area contributed by atoms with Gasteiger partial charge in [0, 0.05) is 0 Å². The minimum Gasteiger partial charge on any atom is -0.289 e. The van der Waals surface area contributed by atoms with E-state index in [1.165, 1.54) is 6.07 Å². The van der Waals surface area contributed by atoms with E-state index < -0.39 is 23.6 Å². The molecule has 0 saturated carbocycles. The summed E-state index contributed by atoms with van der Waals surface area (Å²) >= 11 is 0. The van der Waals surface area contributed by atoms with Gasteiger partial charge in [0.25, 0.3) is 5.91 Å². The molecule has 6 heteroatoms. The lowest BCUT2D eigenvalue weighted by Gasteiger charge is -2.16. The fourth-order valence-corrected chi connectivity index (χ4v) is 2.95. The zero-order chi connectivity index (χ0) is 19.4. The molecule has 27 heavy (non-hydrogen) atoms. The van der Waals surface area contributed by atoms with Crippen LogP contribution in [0.5, 0.6) is 0 Å². The van der Waals surface area contributed by atoms with E-state index in [0.29, 0.717) is 22.3 Å². The van der Waals surface area contributed by atoms with E-state index in [4.69, 9.17) is 5.21 Å². The summed E-state index contributed by atoms with van der Waals surface area (Å²) in [5.74, 6) is -1.32. The number of benzene rings is 3. The van der Waals surface area contributed by atoms with Crippen molar-refractivity contribution in [2.24, 2.45) is 0 Å². The van der Waals surface area contributed by atoms with E-state index in [9.17, 15) is 18.0 Å². The summed E-state index contributed by atoms with van der Waals surface area (Å²) in [5, 5.41) is 9.06. The molecular formula is C21H16F3NO2. The Hall–Kier alpha value is -3.12. The second kappa shape index (κ2) is 7.63. The van der Waals surface area contributed by atoms with Gasteiger partial charge in [-0.2, -0.15) is 13.2 Å². The lowest BCUT2D eigenvalue weighted by Crippen LogP contribution is -2.27. The number of amides is 1. The molecule has 0 aliphatic heterocycles. The Balaban J connectivity index is 1.95. The second-order valence-electron chi connectivity index (χ2n) is 6.02. The van der Waals surface area contributed by atoms with Crippen LogP contribution in [0.3, 0.4) is 0 Å². The molecule has 1 amide bonds. The number of carbonyl (C=O) groups is 1. The van der Waals surface area contributed by atoms with Crippen LogP contribution in [0.2, 0.25) is 0 Å². The maximum atomic E-state index is 12.9. The molecule has 0 saturated heterocycles. The Kier molecular flexibility index (Phi) is 5.28. The molecule has 3 rings (SSSR count). The van der Waals surface area contributed by atoms with E-state index in [-0.39, 0.29) is 0 Å². The number of hydrogen-bond donors (Lipinski definition) is 2. The van der Waals surface area contributed by atoms with Crippen LogP contribution < -0.4 is 5.48 Å². The van der Waals surface area contributed by atoms with E-state index in [0.717, 1.165) is 12.1 Å². The number of hydrogen-bond acceptors (Lipinski definition) is 2. The largest absolute Gasteiger partial charge is 0.416 e. The Morgan fingerprint density at radius 1 is 0.815 bits per heavy atom. The summed E-state index contributed by atoms with van der Waals surface area (Å²) in [4.78, 5) is 12.1. The van der Waals surface area contributed by atoms with Crippen molar-refractivity contribution in [3.05, 3.63) is 95.6 Å². The van der Waals surface area contributed by atoms with Crippen molar-refractivity contribution >= 4 is 5.91 Å². The Morgan fingerprint density at radius 3 is 2.04 bits per heavy atom. The SMILES string of the molecule is O=C(NO)C(c1ccccc1)c1ccc(-c2cccc(C(F)(F)F)c2)cc1. The van der Waals surface area contributed by atoms with E-state index in [1.54, 1.807) is 60.1 Å². The predicted octanol–water partition coefficient (Wildman–Crippen LogP) is 5.01. The van der Waals surface area contributed by atoms with Crippen LogP contribution in [0.1, 0.15) is 22.6 Å². The summed E-state index contributed by atoms with van der Waals surface area (Å²) in [6.07, 6.45) is -4.41. The van der Waals surface area contributed by atoms with E-state index >= 15 is 0 Å². The molecule has 0 aliphatic carbocycles. The van der Waals surface area contributed by atoms with E-state index in [1.807, 2.05) is 6.07 Å². The van der Waals surface area contributed by atoms with Crippen LogP contribution >= 0.6 is 0 Å². The summed E-state index contributed by atoms with van der Waals surface area (Å²) < 4.78 is 38.7. The van der Waals surface area contributed by atoms with Crippen LogP contribution in [0, 0.1) is 0 Å². The molecule has 0 heterocycles. The van der Waals surface area contributed by atoms with Gasteiger partial charge in [-0.3, -0.25) is 10.0 Å². The second-order valence-corrected chi connectivity index (χ2v) is 6.02. The highest BCUT2D eigenvalue weighted by Gasteiger charge is 2.30. The molecule has 0 aromatic heterocycles. The average Bonchev–Trinajstić information content (AvgIpc) is 2.69. The molecule has 0 fully saturated rings. The van der Waals surface area contributed by atoms with Crippen molar-refractivity contribution < 1.29 is 23.2 Å². The maximum Gasteiger partial charge on any atom is 0.416 e. The van der Waals surface area contributed by atoms with Crippen LogP contribution in [0.15, 0.2) is 78.9 Å². The van der Waals surface area contributed by atoms with Crippen molar-refractivity contribution in [2.75, 3.05) is 0 Å². The van der Waals surface area contributed by atoms with Crippen molar-refractivity contribution in [1.29, 1.82) is 0 Å². The first-order chi connectivity index (χ1) is 12.9.